The molecule has 0 aliphatic rings. The lowest BCUT2D eigenvalue weighted by atomic mass is 9.85. The number of carboxylic acid groups (broad SMARTS) is 1. The zero-order valence-corrected chi connectivity index (χ0v) is 12.8. The summed E-state index contributed by atoms with van der Waals surface area (Å²) in [6, 6.07) is 6.99. The Balaban J connectivity index is 2.52. The monoisotopic (exact) mass is 292 g/mol. The molecule has 0 aliphatic heterocycles. The van der Waals surface area contributed by atoms with Crippen LogP contribution in [0.5, 0.6) is 0 Å². The standard InChI is InChI=1S/C16H24N2O3/c1-16(2,3)13(17)10-14(19)18-12-7-4-11(5-8-12)6-9-15(20)21/h4-5,7-8,13H,6,9-10,17H2,1-3H3,(H,18,19)(H,20,21). The van der Waals surface area contributed by atoms with E-state index in [1.54, 1.807) is 12.1 Å². The Kier molecular flexibility index (Phi) is 5.90. The van der Waals surface area contributed by atoms with E-state index in [1.807, 2.05) is 32.9 Å². The highest BCUT2D eigenvalue weighted by atomic mass is 16.4. The van der Waals surface area contributed by atoms with Crippen LogP contribution in [0.1, 0.15) is 39.2 Å². The van der Waals surface area contributed by atoms with Gasteiger partial charge in [0, 0.05) is 24.6 Å². The van der Waals surface area contributed by atoms with Gasteiger partial charge < -0.3 is 16.2 Å². The van der Waals surface area contributed by atoms with Crippen molar-refractivity contribution in [2.45, 2.75) is 46.1 Å². The fourth-order valence-corrected chi connectivity index (χ4v) is 1.72. The quantitative estimate of drug-likeness (QED) is 0.750. The number of hydrogen-bond donors (Lipinski definition) is 3. The minimum Gasteiger partial charge on any atom is -0.481 e. The van der Waals surface area contributed by atoms with Crippen LogP contribution >= 0.6 is 0 Å². The van der Waals surface area contributed by atoms with Gasteiger partial charge in [-0.25, -0.2) is 0 Å². The molecule has 1 amide bonds. The van der Waals surface area contributed by atoms with Crippen LogP contribution in [-0.4, -0.2) is 23.0 Å². The van der Waals surface area contributed by atoms with Crippen LogP contribution in [0.4, 0.5) is 5.69 Å². The number of anilines is 1. The summed E-state index contributed by atoms with van der Waals surface area (Å²) in [6.45, 7) is 6.01. The molecular formula is C16H24N2O3. The summed E-state index contributed by atoms with van der Waals surface area (Å²) in [6.07, 6.45) is 0.856. The van der Waals surface area contributed by atoms with E-state index in [0.717, 1.165) is 5.56 Å². The van der Waals surface area contributed by atoms with Gasteiger partial charge >= 0.3 is 5.97 Å². The molecule has 116 valence electrons. The number of aliphatic carboxylic acids is 1. The lowest BCUT2D eigenvalue weighted by Crippen LogP contribution is -2.38. The molecule has 0 bridgehead atoms. The number of benzene rings is 1. The number of hydrogen-bond acceptors (Lipinski definition) is 3. The predicted molar refractivity (Wildman–Crippen MR) is 83.1 cm³/mol. The molecule has 0 heterocycles. The summed E-state index contributed by atoms with van der Waals surface area (Å²) < 4.78 is 0. The Morgan fingerprint density at radius 2 is 1.81 bits per heavy atom. The van der Waals surface area contributed by atoms with Crippen molar-refractivity contribution in [2.75, 3.05) is 5.32 Å². The van der Waals surface area contributed by atoms with Crippen LogP contribution in [0.3, 0.4) is 0 Å². The van der Waals surface area contributed by atoms with Crippen molar-refractivity contribution in [1.29, 1.82) is 0 Å². The average Bonchev–Trinajstić information content (AvgIpc) is 2.36. The second-order valence-corrected chi connectivity index (χ2v) is 6.32. The maximum atomic E-state index is 11.9. The largest absolute Gasteiger partial charge is 0.481 e. The molecule has 0 aliphatic carbocycles. The predicted octanol–water partition coefficient (Wildman–Crippen LogP) is 2.41. The van der Waals surface area contributed by atoms with Crippen LogP contribution in [0.15, 0.2) is 24.3 Å². The van der Waals surface area contributed by atoms with Gasteiger partial charge in [0.1, 0.15) is 0 Å². The first-order valence-electron chi connectivity index (χ1n) is 7.04. The maximum Gasteiger partial charge on any atom is 0.303 e. The molecule has 5 nitrogen and oxygen atoms in total. The number of nitrogens with two attached hydrogens (primary N) is 1. The summed E-state index contributed by atoms with van der Waals surface area (Å²) in [4.78, 5) is 22.4. The molecule has 21 heavy (non-hydrogen) atoms. The third-order valence-corrected chi connectivity index (χ3v) is 3.38. The van der Waals surface area contributed by atoms with Gasteiger partial charge in [0.15, 0.2) is 0 Å². The average molecular weight is 292 g/mol. The molecule has 0 aromatic heterocycles. The van der Waals surface area contributed by atoms with Gasteiger partial charge in [0.05, 0.1) is 0 Å². The first-order valence-corrected chi connectivity index (χ1v) is 7.04. The SMILES string of the molecule is CC(C)(C)C(N)CC(=O)Nc1ccc(CCC(=O)O)cc1. The summed E-state index contributed by atoms with van der Waals surface area (Å²) in [5, 5.41) is 11.4. The lowest BCUT2D eigenvalue weighted by molar-refractivity contribution is -0.137. The van der Waals surface area contributed by atoms with Gasteiger partial charge in [-0.05, 0) is 29.5 Å². The van der Waals surface area contributed by atoms with E-state index in [1.165, 1.54) is 0 Å². The van der Waals surface area contributed by atoms with Crippen LogP contribution in [-0.2, 0) is 16.0 Å². The van der Waals surface area contributed by atoms with E-state index in [4.69, 9.17) is 10.8 Å². The highest BCUT2D eigenvalue weighted by Gasteiger charge is 2.23. The van der Waals surface area contributed by atoms with Crippen molar-refractivity contribution in [3.05, 3.63) is 29.8 Å². The Labute approximate surface area is 125 Å². The highest BCUT2D eigenvalue weighted by Crippen LogP contribution is 2.20. The van der Waals surface area contributed by atoms with Gasteiger partial charge in [-0.15, -0.1) is 0 Å². The number of rotatable bonds is 6. The van der Waals surface area contributed by atoms with E-state index in [2.05, 4.69) is 5.32 Å². The third kappa shape index (κ3) is 6.40. The lowest BCUT2D eigenvalue weighted by Gasteiger charge is -2.26. The van der Waals surface area contributed by atoms with Crippen LogP contribution in [0, 0.1) is 5.41 Å². The van der Waals surface area contributed by atoms with Crippen molar-refractivity contribution < 1.29 is 14.7 Å². The highest BCUT2D eigenvalue weighted by molar-refractivity contribution is 5.91. The molecule has 0 spiro atoms. The van der Waals surface area contributed by atoms with Gasteiger partial charge in [-0.1, -0.05) is 32.9 Å². The molecule has 5 heteroatoms. The van der Waals surface area contributed by atoms with Crippen molar-refractivity contribution in [3.63, 3.8) is 0 Å². The van der Waals surface area contributed by atoms with E-state index in [-0.39, 0.29) is 30.2 Å². The van der Waals surface area contributed by atoms with Crippen molar-refractivity contribution in [1.82, 2.24) is 0 Å². The molecule has 0 saturated carbocycles. The molecule has 1 aromatic carbocycles. The summed E-state index contributed by atoms with van der Waals surface area (Å²) in [7, 11) is 0. The Bertz CT molecular complexity index is 489. The Morgan fingerprint density at radius 3 is 2.29 bits per heavy atom. The molecule has 4 N–H and O–H groups in total. The summed E-state index contributed by atoms with van der Waals surface area (Å²) in [5.74, 6) is -0.931. The molecule has 1 unspecified atom stereocenters. The molecule has 1 aromatic rings. The first-order chi connectivity index (χ1) is 9.68. The molecule has 0 radical (unpaired) electrons. The maximum absolute atomic E-state index is 11.9. The first kappa shape index (κ1) is 17.2. The van der Waals surface area contributed by atoms with E-state index >= 15 is 0 Å². The van der Waals surface area contributed by atoms with Gasteiger partial charge in [-0.3, -0.25) is 9.59 Å². The number of aryl methyl sites for hydroxylation is 1. The van der Waals surface area contributed by atoms with Gasteiger partial charge in [0.2, 0.25) is 5.91 Å². The normalized spacial score (nSPS) is 12.8. The minimum atomic E-state index is -0.816. The third-order valence-electron chi connectivity index (χ3n) is 3.38. The van der Waals surface area contributed by atoms with Gasteiger partial charge in [-0.2, -0.15) is 0 Å². The number of carbonyl (C=O) groups is 2. The molecule has 0 saturated heterocycles. The molecule has 1 atom stereocenters. The summed E-state index contributed by atoms with van der Waals surface area (Å²) >= 11 is 0. The summed E-state index contributed by atoms with van der Waals surface area (Å²) in [5.41, 5.74) is 7.49. The second kappa shape index (κ2) is 7.22. The van der Waals surface area contributed by atoms with E-state index < -0.39 is 5.97 Å². The van der Waals surface area contributed by atoms with Crippen LogP contribution < -0.4 is 11.1 Å². The van der Waals surface area contributed by atoms with Crippen LogP contribution in [0.2, 0.25) is 0 Å². The number of nitrogens with one attached hydrogen (secondary N) is 1. The van der Waals surface area contributed by atoms with Crippen molar-refractivity contribution in [3.8, 4) is 0 Å². The number of carboxylic acids is 1. The van der Waals surface area contributed by atoms with Crippen LogP contribution in [0.25, 0.3) is 0 Å². The van der Waals surface area contributed by atoms with Crippen molar-refractivity contribution >= 4 is 17.6 Å². The minimum absolute atomic E-state index is 0.103. The van der Waals surface area contributed by atoms with Crippen molar-refractivity contribution in [2.24, 2.45) is 11.1 Å². The molecular weight excluding hydrogens is 268 g/mol. The van der Waals surface area contributed by atoms with E-state index in [0.29, 0.717) is 12.1 Å². The Hall–Kier alpha value is -1.88. The fraction of sp³-hybridized carbons (Fsp3) is 0.500. The zero-order chi connectivity index (χ0) is 16.0. The van der Waals surface area contributed by atoms with E-state index in [9.17, 15) is 9.59 Å². The molecule has 1 rings (SSSR count). The Morgan fingerprint density at radius 1 is 1.24 bits per heavy atom. The smallest absolute Gasteiger partial charge is 0.303 e. The number of carbonyl (C=O) groups excluding carboxylic acids is 1. The topological polar surface area (TPSA) is 92.4 Å². The second-order valence-electron chi connectivity index (χ2n) is 6.32. The zero-order valence-electron chi connectivity index (χ0n) is 12.8. The van der Waals surface area contributed by atoms with Gasteiger partial charge in [0.25, 0.3) is 0 Å². The number of amides is 1. The fourth-order valence-electron chi connectivity index (χ4n) is 1.72. The molecule has 0 fully saturated rings.